The van der Waals surface area contributed by atoms with Crippen molar-refractivity contribution in [1.29, 1.82) is 0 Å². The van der Waals surface area contributed by atoms with Crippen molar-refractivity contribution in [2.45, 2.75) is 13.5 Å². The van der Waals surface area contributed by atoms with Crippen molar-refractivity contribution >= 4 is 17.4 Å². The number of amides is 2. The number of anilines is 2. The van der Waals surface area contributed by atoms with Gasteiger partial charge in [0.15, 0.2) is 0 Å². The molecule has 0 bridgehead atoms. The fourth-order valence-corrected chi connectivity index (χ4v) is 2.85. The molecule has 1 saturated heterocycles. The van der Waals surface area contributed by atoms with Gasteiger partial charge in [0.2, 0.25) is 0 Å². The van der Waals surface area contributed by atoms with Crippen molar-refractivity contribution in [3.63, 3.8) is 0 Å². The fourth-order valence-electron chi connectivity index (χ4n) is 2.85. The van der Waals surface area contributed by atoms with E-state index in [-0.39, 0.29) is 6.03 Å². The summed E-state index contributed by atoms with van der Waals surface area (Å²) in [5.74, 6) is 0.667. The van der Waals surface area contributed by atoms with Gasteiger partial charge in [0.1, 0.15) is 5.75 Å². The number of para-hydroxylation sites is 2. The Kier molecular flexibility index (Phi) is 6.33. The van der Waals surface area contributed by atoms with Gasteiger partial charge in [0.05, 0.1) is 25.5 Å². The third-order valence-corrected chi connectivity index (χ3v) is 4.20. The average molecular weight is 355 g/mol. The Morgan fingerprint density at radius 3 is 2.58 bits per heavy atom. The summed E-state index contributed by atoms with van der Waals surface area (Å²) in [7, 11) is 0. The zero-order valence-electron chi connectivity index (χ0n) is 15.0. The normalized spacial score (nSPS) is 14.0. The lowest BCUT2D eigenvalue weighted by Gasteiger charge is -2.28. The number of carbonyl (C=O) groups excluding carboxylic acids is 1. The van der Waals surface area contributed by atoms with Gasteiger partial charge < -0.3 is 25.0 Å². The topological polar surface area (TPSA) is 62.8 Å². The maximum Gasteiger partial charge on any atom is 0.319 e. The molecule has 1 aliphatic heterocycles. The molecule has 0 unspecified atom stereocenters. The minimum Gasteiger partial charge on any atom is -0.492 e. The summed E-state index contributed by atoms with van der Waals surface area (Å²) in [4.78, 5) is 14.5. The molecule has 0 aromatic heterocycles. The Bertz CT molecular complexity index is 712. The molecule has 6 heteroatoms. The highest BCUT2D eigenvalue weighted by atomic mass is 16.5. The second kappa shape index (κ2) is 9.10. The van der Waals surface area contributed by atoms with Crippen molar-refractivity contribution in [1.82, 2.24) is 5.32 Å². The summed E-state index contributed by atoms with van der Waals surface area (Å²) in [6, 6.07) is 15.4. The maximum absolute atomic E-state index is 12.2. The number of benzene rings is 2. The predicted molar refractivity (Wildman–Crippen MR) is 103 cm³/mol. The predicted octanol–water partition coefficient (Wildman–Crippen LogP) is 3.24. The summed E-state index contributed by atoms with van der Waals surface area (Å²) in [5.41, 5.74) is 2.90. The molecule has 2 N–H and O–H groups in total. The number of ether oxygens (including phenoxy) is 2. The maximum atomic E-state index is 12.2. The first-order chi connectivity index (χ1) is 12.8. The van der Waals surface area contributed by atoms with Crippen LogP contribution in [0.15, 0.2) is 48.5 Å². The molecule has 2 aromatic rings. The minimum absolute atomic E-state index is 0.255. The van der Waals surface area contributed by atoms with E-state index in [2.05, 4.69) is 27.7 Å². The average Bonchev–Trinajstić information content (AvgIpc) is 2.69. The summed E-state index contributed by atoms with van der Waals surface area (Å²) in [5, 5.41) is 5.71. The van der Waals surface area contributed by atoms with Crippen LogP contribution in [0.4, 0.5) is 16.2 Å². The SMILES string of the molecule is CCOc1ccccc1NC(=O)NCc1ccc(N2CCOCC2)cc1. The smallest absolute Gasteiger partial charge is 0.319 e. The zero-order chi connectivity index (χ0) is 18.2. The number of hydrogen-bond acceptors (Lipinski definition) is 4. The largest absolute Gasteiger partial charge is 0.492 e. The van der Waals surface area contributed by atoms with Crippen LogP contribution in [0.1, 0.15) is 12.5 Å². The van der Waals surface area contributed by atoms with Gasteiger partial charge in [-0.3, -0.25) is 0 Å². The molecular weight excluding hydrogens is 330 g/mol. The molecule has 0 saturated carbocycles. The lowest BCUT2D eigenvalue weighted by atomic mass is 10.2. The zero-order valence-corrected chi connectivity index (χ0v) is 15.0. The van der Waals surface area contributed by atoms with Gasteiger partial charge in [-0.05, 0) is 36.8 Å². The van der Waals surface area contributed by atoms with Crippen LogP contribution in [0.25, 0.3) is 0 Å². The monoisotopic (exact) mass is 355 g/mol. The van der Waals surface area contributed by atoms with E-state index in [4.69, 9.17) is 9.47 Å². The number of nitrogens with one attached hydrogen (secondary N) is 2. The van der Waals surface area contributed by atoms with Crippen LogP contribution in [0.5, 0.6) is 5.75 Å². The van der Waals surface area contributed by atoms with E-state index in [9.17, 15) is 4.79 Å². The molecule has 1 fully saturated rings. The van der Waals surface area contributed by atoms with Crippen LogP contribution in [0, 0.1) is 0 Å². The first-order valence-electron chi connectivity index (χ1n) is 8.94. The van der Waals surface area contributed by atoms with Crippen LogP contribution in [-0.4, -0.2) is 38.9 Å². The van der Waals surface area contributed by atoms with Crippen LogP contribution in [0.2, 0.25) is 0 Å². The van der Waals surface area contributed by atoms with Gasteiger partial charge in [-0.15, -0.1) is 0 Å². The number of hydrogen-bond donors (Lipinski definition) is 2. The molecule has 26 heavy (non-hydrogen) atoms. The van der Waals surface area contributed by atoms with Crippen LogP contribution < -0.4 is 20.3 Å². The molecule has 0 atom stereocenters. The van der Waals surface area contributed by atoms with Crippen molar-refractivity contribution in [3.8, 4) is 5.75 Å². The standard InChI is InChI=1S/C20H25N3O3/c1-2-26-19-6-4-3-5-18(19)22-20(24)21-15-16-7-9-17(10-8-16)23-11-13-25-14-12-23/h3-10H,2,11-15H2,1H3,(H2,21,22,24). The Balaban J connectivity index is 1.51. The third kappa shape index (κ3) is 4.89. The molecule has 1 aliphatic rings. The molecule has 3 rings (SSSR count). The van der Waals surface area contributed by atoms with Crippen molar-refractivity contribution in [3.05, 3.63) is 54.1 Å². The van der Waals surface area contributed by atoms with E-state index in [1.807, 2.05) is 43.3 Å². The third-order valence-electron chi connectivity index (χ3n) is 4.20. The van der Waals surface area contributed by atoms with Crippen molar-refractivity contribution in [2.24, 2.45) is 0 Å². The van der Waals surface area contributed by atoms with E-state index in [1.165, 1.54) is 5.69 Å². The van der Waals surface area contributed by atoms with Gasteiger partial charge in [-0.25, -0.2) is 4.79 Å². The van der Waals surface area contributed by atoms with E-state index < -0.39 is 0 Å². The van der Waals surface area contributed by atoms with E-state index in [0.29, 0.717) is 24.6 Å². The second-order valence-corrected chi connectivity index (χ2v) is 6.00. The molecular formula is C20H25N3O3. The highest BCUT2D eigenvalue weighted by Gasteiger charge is 2.11. The Hall–Kier alpha value is -2.73. The molecule has 2 aromatic carbocycles. The van der Waals surface area contributed by atoms with Crippen molar-refractivity contribution in [2.75, 3.05) is 43.1 Å². The summed E-state index contributed by atoms with van der Waals surface area (Å²) >= 11 is 0. The highest BCUT2D eigenvalue weighted by molar-refractivity contribution is 5.90. The van der Waals surface area contributed by atoms with Crippen LogP contribution in [0.3, 0.4) is 0 Å². The first kappa shape index (κ1) is 18.1. The minimum atomic E-state index is -0.255. The van der Waals surface area contributed by atoms with Crippen molar-refractivity contribution < 1.29 is 14.3 Å². The van der Waals surface area contributed by atoms with Crippen LogP contribution in [-0.2, 0) is 11.3 Å². The number of urea groups is 1. The molecule has 138 valence electrons. The van der Waals surface area contributed by atoms with E-state index in [1.54, 1.807) is 0 Å². The van der Waals surface area contributed by atoms with Gasteiger partial charge in [0, 0.05) is 25.3 Å². The van der Waals surface area contributed by atoms with Gasteiger partial charge in [-0.2, -0.15) is 0 Å². The molecule has 6 nitrogen and oxygen atoms in total. The lowest BCUT2D eigenvalue weighted by Crippen LogP contribution is -2.36. The van der Waals surface area contributed by atoms with Gasteiger partial charge in [-0.1, -0.05) is 24.3 Å². The first-order valence-corrected chi connectivity index (χ1v) is 8.94. The number of nitrogens with zero attached hydrogens (tertiary/aromatic N) is 1. The van der Waals surface area contributed by atoms with Crippen LogP contribution >= 0.6 is 0 Å². The highest BCUT2D eigenvalue weighted by Crippen LogP contribution is 2.23. The second-order valence-electron chi connectivity index (χ2n) is 6.00. The quantitative estimate of drug-likeness (QED) is 0.835. The molecule has 0 spiro atoms. The number of morpholine rings is 1. The summed E-state index contributed by atoms with van der Waals surface area (Å²) < 4.78 is 10.9. The summed E-state index contributed by atoms with van der Waals surface area (Å²) in [6.07, 6.45) is 0. The number of carbonyl (C=O) groups is 1. The fraction of sp³-hybridized carbons (Fsp3) is 0.350. The molecule has 1 heterocycles. The molecule has 0 radical (unpaired) electrons. The van der Waals surface area contributed by atoms with Gasteiger partial charge >= 0.3 is 6.03 Å². The van der Waals surface area contributed by atoms with E-state index in [0.717, 1.165) is 31.9 Å². The van der Waals surface area contributed by atoms with Gasteiger partial charge in [0.25, 0.3) is 0 Å². The number of rotatable bonds is 6. The summed E-state index contributed by atoms with van der Waals surface area (Å²) in [6.45, 7) is 6.30. The van der Waals surface area contributed by atoms with E-state index >= 15 is 0 Å². The Morgan fingerprint density at radius 1 is 1.12 bits per heavy atom. The molecule has 0 aliphatic carbocycles. The Morgan fingerprint density at radius 2 is 1.85 bits per heavy atom. The Labute approximate surface area is 154 Å². The lowest BCUT2D eigenvalue weighted by molar-refractivity contribution is 0.122. The molecule has 2 amide bonds.